The fourth-order valence-corrected chi connectivity index (χ4v) is 2.90. The molecule has 20 heavy (non-hydrogen) atoms. The zero-order valence-corrected chi connectivity index (χ0v) is 14.1. The topological polar surface area (TPSA) is 27.7 Å². The van der Waals surface area contributed by atoms with Crippen molar-refractivity contribution < 1.29 is 4.74 Å². The van der Waals surface area contributed by atoms with Gasteiger partial charge in [-0.1, -0.05) is 15.9 Å². The van der Waals surface area contributed by atoms with E-state index in [0.717, 1.165) is 42.9 Å². The number of nitrogens with one attached hydrogen (secondary N) is 1. The molecule has 1 aromatic carbocycles. The predicted molar refractivity (Wildman–Crippen MR) is 86.3 cm³/mol. The summed E-state index contributed by atoms with van der Waals surface area (Å²) in [5, 5.41) is 3.56. The molecule has 112 valence electrons. The van der Waals surface area contributed by atoms with Crippen molar-refractivity contribution in [3.05, 3.63) is 28.2 Å². The van der Waals surface area contributed by atoms with E-state index in [2.05, 4.69) is 51.2 Å². The highest BCUT2D eigenvalue weighted by atomic mass is 79.9. The molecule has 1 aliphatic rings. The molecule has 1 unspecified atom stereocenters. The molecule has 2 rings (SSSR count). The van der Waals surface area contributed by atoms with E-state index in [1.54, 1.807) is 7.11 Å². The van der Waals surface area contributed by atoms with Crippen LogP contribution < -0.4 is 10.1 Å². The molecule has 0 aliphatic carbocycles. The lowest BCUT2D eigenvalue weighted by molar-refractivity contribution is 0.113. The van der Waals surface area contributed by atoms with Crippen LogP contribution in [-0.4, -0.2) is 63.2 Å². The third-order valence-electron chi connectivity index (χ3n) is 3.93. The fraction of sp³-hybridized carbons (Fsp3) is 0.600. The summed E-state index contributed by atoms with van der Waals surface area (Å²) >= 11 is 3.59. The molecule has 1 fully saturated rings. The first-order valence-electron chi connectivity index (χ1n) is 7.02. The lowest BCUT2D eigenvalue weighted by Gasteiger charge is -2.37. The van der Waals surface area contributed by atoms with Crippen LogP contribution in [0.1, 0.15) is 5.56 Å². The number of ether oxygens (including phenoxy) is 1. The lowest BCUT2D eigenvalue weighted by atomic mass is 10.1. The van der Waals surface area contributed by atoms with E-state index < -0.39 is 0 Å². The SMILES string of the molecule is COc1ccc(Br)c(CNCC2CN(C)CCN2C)c1. The van der Waals surface area contributed by atoms with Crippen molar-refractivity contribution >= 4 is 15.9 Å². The van der Waals surface area contributed by atoms with Crippen LogP contribution in [0.4, 0.5) is 0 Å². The summed E-state index contributed by atoms with van der Waals surface area (Å²) in [5.74, 6) is 0.902. The normalized spacial score (nSPS) is 21.1. The molecule has 0 saturated carbocycles. The molecule has 0 amide bonds. The number of hydrogen-bond donors (Lipinski definition) is 1. The minimum Gasteiger partial charge on any atom is -0.497 e. The van der Waals surface area contributed by atoms with Gasteiger partial charge in [0.2, 0.25) is 0 Å². The molecule has 0 radical (unpaired) electrons. The molecule has 1 saturated heterocycles. The van der Waals surface area contributed by atoms with Gasteiger partial charge in [-0.15, -0.1) is 0 Å². The molecule has 5 heteroatoms. The number of likely N-dealkylation sites (N-methyl/N-ethyl adjacent to an activating group) is 2. The second-order valence-electron chi connectivity index (χ2n) is 5.48. The van der Waals surface area contributed by atoms with Gasteiger partial charge in [0.05, 0.1) is 7.11 Å². The number of methoxy groups -OCH3 is 1. The van der Waals surface area contributed by atoms with Gasteiger partial charge in [0.15, 0.2) is 0 Å². The van der Waals surface area contributed by atoms with Crippen LogP contribution in [0.3, 0.4) is 0 Å². The van der Waals surface area contributed by atoms with Gasteiger partial charge < -0.3 is 15.0 Å². The Kier molecular flexibility index (Phi) is 5.84. The molecule has 1 heterocycles. The number of halogens is 1. The Morgan fingerprint density at radius 3 is 2.90 bits per heavy atom. The highest BCUT2D eigenvalue weighted by Crippen LogP contribution is 2.22. The second kappa shape index (κ2) is 7.41. The van der Waals surface area contributed by atoms with Gasteiger partial charge in [-0.2, -0.15) is 0 Å². The first-order valence-corrected chi connectivity index (χ1v) is 7.81. The van der Waals surface area contributed by atoms with Gasteiger partial charge >= 0.3 is 0 Å². The molecule has 1 N–H and O–H groups in total. The van der Waals surface area contributed by atoms with Crippen molar-refractivity contribution in [2.24, 2.45) is 0 Å². The molecular weight excluding hydrogens is 318 g/mol. The summed E-state index contributed by atoms with van der Waals surface area (Å²) in [6, 6.07) is 6.67. The fourth-order valence-electron chi connectivity index (χ4n) is 2.51. The number of piperazine rings is 1. The molecule has 1 aliphatic heterocycles. The lowest BCUT2D eigenvalue weighted by Crippen LogP contribution is -2.53. The third kappa shape index (κ3) is 4.19. The Bertz CT molecular complexity index is 441. The summed E-state index contributed by atoms with van der Waals surface area (Å²) in [5.41, 5.74) is 1.23. The minimum absolute atomic E-state index is 0.582. The number of benzene rings is 1. The standard InChI is InChI=1S/C15H24BrN3O/c1-18-6-7-19(2)13(11-18)10-17-9-12-8-14(20-3)4-5-15(12)16/h4-5,8,13,17H,6-7,9-11H2,1-3H3. The van der Waals surface area contributed by atoms with Gasteiger partial charge in [-0.05, 0) is 37.9 Å². The van der Waals surface area contributed by atoms with E-state index in [-0.39, 0.29) is 0 Å². The third-order valence-corrected chi connectivity index (χ3v) is 4.70. The second-order valence-corrected chi connectivity index (χ2v) is 6.34. The summed E-state index contributed by atoms with van der Waals surface area (Å²) in [4.78, 5) is 4.83. The van der Waals surface area contributed by atoms with Crippen LogP contribution in [0.15, 0.2) is 22.7 Å². The number of rotatable bonds is 5. The van der Waals surface area contributed by atoms with Gasteiger partial charge in [0.1, 0.15) is 5.75 Å². The Labute approximate surface area is 130 Å². The molecule has 0 bridgehead atoms. The zero-order valence-electron chi connectivity index (χ0n) is 12.5. The van der Waals surface area contributed by atoms with Crippen LogP contribution in [0.2, 0.25) is 0 Å². The summed E-state index contributed by atoms with van der Waals surface area (Å²) in [6.45, 7) is 5.29. The highest BCUT2D eigenvalue weighted by Gasteiger charge is 2.21. The quantitative estimate of drug-likeness (QED) is 0.883. The van der Waals surface area contributed by atoms with Crippen LogP contribution >= 0.6 is 15.9 Å². The summed E-state index contributed by atoms with van der Waals surface area (Å²) in [6.07, 6.45) is 0. The first kappa shape index (κ1) is 15.8. The largest absolute Gasteiger partial charge is 0.497 e. The number of nitrogens with zero attached hydrogens (tertiary/aromatic N) is 2. The Hall–Kier alpha value is -0.620. The molecular formula is C15H24BrN3O. The van der Waals surface area contributed by atoms with Crippen LogP contribution in [0, 0.1) is 0 Å². The number of hydrogen-bond acceptors (Lipinski definition) is 4. The Morgan fingerprint density at radius 2 is 2.15 bits per heavy atom. The highest BCUT2D eigenvalue weighted by molar-refractivity contribution is 9.10. The Balaban J connectivity index is 1.86. The summed E-state index contributed by atoms with van der Waals surface area (Å²) < 4.78 is 6.40. The van der Waals surface area contributed by atoms with E-state index in [1.165, 1.54) is 5.56 Å². The smallest absolute Gasteiger partial charge is 0.119 e. The summed E-state index contributed by atoms with van der Waals surface area (Å²) in [7, 11) is 6.10. The van der Waals surface area contributed by atoms with Gasteiger partial charge in [-0.25, -0.2) is 0 Å². The van der Waals surface area contributed by atoms with Crippen molar-refractivity contribution in [1.29, 1.82) is 0 Å². The maximum absolute atomic E-state index is 5.27. The van der Waals surface area contributed by atoms with Crippen LogP contribution in [0.25, 0.3) is 0 Å². The van der Waals surface area contributed by atoms with Crippen molar-refractivity contribution in [1.82, 2.24) is 15.1 Å². The maximum Gasteiger partial charge on any atom is 0.119 e. The molecule has 0 spiro atoms. The van der Waals surface area contributed by atoms with E-state index >= 15 is 0 Å². The van der Waals surface area contributed by atoms with E-state index in [4.69, 9.17) is 4.74 Å². The molecule has 1 atom stereocenters. The van der Waals surface area contributed by atoms with Crippen molar-refractivity contribution in [3.63, 3.8) is 0 Å². The van der Waals surface area contributed by atoms with E-state index in [1.807, 2.05) is 12.1 Å². The van der Waals surface area contributed by atoms with Crippen LogP contribution in [0.5, 0.6) is 5.75 Å². The van der Waals surface area contributed by atoms with Gasteiger partial charge in [0, 0.05) is 43.2 Å². The average Bonchev–Trinajstić information content (AvgIpc) is 2.44. The molecule has 1 aromatic rings. The van der Waals surface area contributed by atoms with E-state index in [9.17, 15) is 0 Å². The van der Waals surface area contributed by atoms with Crippen molar-refractivity contribution in [3.8, 4) is 5.75 Å². The first-order chi connectivity index (χ1) is 9.60. The van der Waals surface area contributed by atoms with Crippen LogP contribution in [-0.2, 0) is 6.54 Å². The predicted octanol–water partition coefficient (Wildman–Crippen LogP) is 1.79. The monoisotopic (exact) mass is 341 g/mol. The zero-order chi connectivity index (χ0) is 14.5. The maximum atomic E-state index is 5.27. The average molecular weight is 342 g/mol. The van der Waals surface area contributed by atoms with Crippen molar-refractivity contribution in [2.45, 2.75) is 12.6 Å². The Morgan fingerprint density at radius 1 is 1.35 bits per heavy atom. The van der Waals surface area contributed by atoms with Crippen molar-refractivity contribution in [2.75, 3.05) is 47.4 Å². The van der Waals surface area contributed by atoms with Gasteiger partial charge in [-0.3, -0.25) is 4.90 Å². The van der Waals surface area contributed by atoms with E-state index in [0.29, 0.717) is 6.04 Å². The minimum atomic E-state index is 0.582. The molecule has 0 aromatic heterocycles. The molecule has 4 nitrogen and oxygen atoms in total. The van der Waals surface area contributed by atoms with Gasteiger partial charge in [0.25, 0.3) is 0 Å².